The van der Waals surface area contributed by atoms with Crippen LogP contribution in [0.3, 0.4) is 0 Å². The van der Waals surface area contributed by atoms with Gasteiger partial charge in [0, 0.05) is 6.07 Å². The summed E-state index contributed by atoms with van der Waals surface area (Å²) in [6, 6.07) is 7.20. The smallest absolute Gasteiger partial charge is 0.142 e. The first-order valence-electron chi connectivity index (χ1n) is 2.91. The average molecular weight is 135 g/mol. The predicted octanol–water partition coefficient (Wildman–Crippen LogP) is 2.37. The predicted molar refractivity (Wildman–Crippen MR) is 35.0 cm³/mol. The molecule has 0 bridgehead atoms. The van der Waals surface area contributed by atoms with Gasteiger partial charge >= 0.3 is 0 Å². The van der Waals surface area contributed by atoms with E-state index in [9.17, 15) is 4.39 Å². The minimum absolute atomic E-state index is 0.355. The van der Waals surface area contributed by atoms with Crippen LogP contribution in [0.15, 0.2) is 28.9 Å². The molecule has 1 nitrogen and oxygen atoms in total. The van der Waals surface area contributed by atoms with Crippen LogP contribution in [0, 0.1) is 11.9 Å². The van der Waals surface area contributed by atoms with Gasteiger partial charge in [-0.05, 0) is 18.2 Å². The van der Waals surface area contributed by atoms with Gasteiger partial charge in [0.25, 0.3) is 0 Å². The van der Waals surface area contributed by atoms with Gasteiger partial charge in [-0.1, -0.05) is 0 Å². The van der Waals surface area contributed by atoms with E-state index in [4.69, 9.17) is 4.42 Å². The Labute approximate surface area is 57.1 Å². The molecule has 1 aromatic heterocycles. The fourth-order valence-electron chi connectivity index (χ4n) is 0.900. The summed E-state index contributed by atoms with van der Waals surface area (Å²) in [5, 5.41) is 0.488. The molecule has 2 rings (SSSR count). The summed E-state index contributed by atoms with van der Waals surface area (Å²) in [5.41, 5.74) is 0.566. The van der Waals surface area contributed by atoms with Crippen LogP contribution in [0.25, 0.3) is 11.0 Å². The quantitative estimate of drug-likeness (QED) is 0.540. The third kappa shape index (κ3) is 0.620. The second kappa shape index (κ2) is 1.84. The Morgan fingerprint density at radius 3 is 3.10 bits per heavy atom. The van der Waals surface area contributed by atoms with Crippen LogP contribution in [0.1, 0.15) is 0 Å². The Morgan fingerprint density at radius 2 is 2.30 bits per heavy atom. The second-order valence-corrected chi connectivity index (χ2v) is 1.99. The molecule has 0 spiro atoms. The van der Waals surface area contributed by atoms with E-state index < -0.39 is 0 Å². The van der Waals surface area contributed by atoms with E-state index in [1.807, 2.05) is 0 Å². The molecule has 10 heavy (non-hydrogen) atoms. The maximum absolute atomic E-state index is 12.7. The molecule has 0 N–H and O–H groups in total. The zero-order valence-corrected chi connectivity index (χ0v) is 5.10. The summed E-state index contributed by atoms with van der Waals surface area (Å²) >= 11 is 0. The standard InChI is InChI=1S/C8H4FO/c9-7-2-1-3-8-6(7)4-5-10-8/h1,3-5H. The highest BCUT2D eigenvalue weighted by molar-refractivity contribution is 5.77. The SMILES string of the molecule is Fc1[c]ccc2occc12. The van der Waals surface area contributed by atoms with Crippen LogP contribution in [-0.4, -0.2) is 0 Å². The van der Waals surface area contributed by atoms with Crippen molar-refractivity contribution in [3.05, 3.63) is 36.3 Å². The van der Waals surface area contributed by atoms with E-state index in [1.165, 1.54) is 12.3 Å². The Kier molecular flexibility index (Phi) is 1.01. The third-order valence-electron chi connectivity index (χ3n) is 1.38. The number of halogens is 1. The lowest BCUT2D eigenvalue weighted by atomic mass is 10.2. The van der Waals surface area contributed by atoms with Crippen LogP contribution in [0.4, 0.5) is 4.39 Å². The van der Waals surface area contributed by atoms with Gasteiger partial charge < -0.3 is 4.42 Å². The van der Waals surface area contributed by atoms with Gasteiger partial charge in [-0.3, -0.25) is 0 Å². The maximum atomic E-state index is 12.7. The van der Waals surface area contributed by atoms with E-state index >= 15 is 0 Å². The normalized spacial score (nSPS) is 10.5. The van der Waals surface area contributed by atoms with Crippen molar-refractivity contribution in [1.82, 2.24) is 0 Å². The van der Waals surface area contributed by atoms with Crippen LogP contribution in [0.2, 0.25) is 0 Å². The average Bonchev–Trinajstić information content (AvgIpc) is 2.36. The minimum Gasteiger partial charge on any atom is -0.464 e. The Hall–Kier alpha value is -1.31. The van der Waals surface area contributed by atoms with E-state index in [2.05, 4.69) is 6.07 Å². The molecule has 0 aliphatic heterocycles. The van der Waals surface area contributed by atoms with Crippen molar-refractivity contribution < 1.29 is 8.81 Å². The van der Waals surface area contributed by atoms with Crippen molar-refractivity contribution in [1.29, 1.82) is 0 Å². The zero-order chi connectivity index (χ0) is 6.97. The molecule has 1 radical (unpaired) electrons. The summed E-state index contributed by atoms with van der Waals surface area (Å²) in [7, 11) is 0. The topological polar surface area (TPSA) is 13.1 Å². The molecule has 0 saturated heterocycles. The fourth-order valence-corrected chi connectivity index (χ4v) is 0.900. The monoisotopic (exact) mass is 135 g/mol. The van der Waals surface area contributed by atoms with Crippen molar-refractivity contribution in [3.63, 3.8) is 0 Å². The number of furan rings is 1. The van der Waals surface area contributed by atoms with Crippen molar-refractivity contribution in [2.45, 2.75) is 0 Å². The molecule has 0 amide bonds. The number of hydrogen-bond acceptors (Lipinski definition) is 1. The summed E-state index contributed by atoms with van der Waals surface area (Å²) < 4.78 is 17.6. The highest BCUT2D eigenvalue weighted by atomic mass is 19.1. The molecule has 49 valence electrons. The molecule has 1 aromatic carbocycles. The van der Waals surface area contributed by atoms with E-state index in [0.717, 1.165) is 0 Å². The maximum Gasteiger partial charge on any atom is 0.142 e. The lowest BCUT2D eigenvalue weighted by Gasteiger charge is -1.86. The molecule has 0 unspecified atom stereocenters. The minimum atomic E-state index is -0.355. The highest BCUT2D eigenvalue weighted by Crippen LogP contribution is 2.16. The molecule has 0 saturated carbocycles. The van der Waals surface area contributed by atoms with Crippen molar-refractivity contribution in [3.8, 4) is 0 Å². The number of hydrogen-bond donors (Lipinski definition) is 0. The highest BCUT2D eigenvalue weighted by Gasteiger charge is 2.00. The van der Waals surface area contributed by atoms with E-state index in [1.54, 1.807) is 12.1 Å². The Bertz CT molecular complexity index is 351. The fraction of sp³-hybridized carbons (Fsp3) is 0. The lowest BCUT2D eigenvalue weighted by molar-refractivity contribution is 0.610. The lowest BCUT2D eigenvalue weighted by Crippen LogP contribution is -1.71. The molecule has 0 aliphatic rings. The largest absolute Gasteiger partial charge is 0.464 e. The first-order chi connectivity index (χ1) is 4.88. The van der Waals surface area contributed by atoms with Crippen LogP contribution in [0.5, 0.6) is 0 Å². The first-order valence-corrected chi connectivity index (χ1v) is 2.91. The number of fused-ring (bicyclic) bond motifs is 1. The van der Waals surface area contributed by atoms with Crippen molar-refractivity contribution >= 4 is 11.0 Å². The molecular weight excluding hydrogens is 131 g/mol. The summed E-state index contributed by atoms with van der Waals surface area (Å²) in [6.07, 6.45) is 1.46. The molecule has 0 atom stereocenters. The molecule has 2 aromatic rings. The molecule has 1 heterocycles. The Morgan fingerprint density at radius 1 is 1.40 bits per heavy atom. The summed E-state index contributed by atoms with van der Waals surface area (Å²) in [5.74, 6) is -0.355. The van der Waals surface area contributed by atoms with Crippen LogP contribution in [-0.2, 0) is 0 Å². The molecule has 2 heteroatoms. The summed E-state index contributed by atoms with van der Waals surface area (Å²) in [6.45, 7) is 0. The van der Waals surface area contributed by atoms with Gasteiger partial charge in [0.15, 0.2) is 0 Å². The van der Waals surface area contributed by atoms with E-state index in [-0.39, 0.29) is 5.82 Å². The van der Waals surface area contributed by atoms with Gasteiger partial charge in [-0.2, -0.15) is 0 Å². The van der Waals surface area contributed by atoms with Gasteiger partial charge in [-0.15, -0.1) is 0 Å². The number of benzene rings is 1. The van der Waals surface area contributed by atoms with Crippen LogP contribution >= 0.6 is 0 Å². The zero-order valence-electron chi connectivity index (χ0n) is 5.10. The summed E-state index contributed by atoms with van der Waals surface area (Å²) in [4.78, 5) is 0. The molecule has 0 aliphatic carbocycles. The Balaban J connectivity index is 2.95. The first kappa shape index (κ1) is 5.47. The van der Waals surface area contributed by atoms with Gasteiger partial charge in [0.1, 0.15) is 11.4 Å². The third-order valence-corrected chi connectivity index (χ3v) is 1.38. The van der Waals surface area contributed by atoms with Crippen LogP contribution < -0.4 is 0 Å². The van der Waals surface area contributed by atoms with Gasteiger partial charge in [0.05, 0.1) is 11.6 Å². The van der Waals surface area contributed by atoms with Crippen molar-refractivity contribution in [2.75, 3.05) is 0 Å². The molecular formula is C8H4FO. The van der Waals surface area contributed by atoms with Crippen molar-refractivity contribution in [2.24, 2.45) is 0 Å². The molecule has 0 fully saturated rings. The van der Waals surface area contributed by atoms with E-state index in [0.29, 0.717) is 11.0 Å². The van der Waals surface area contributed by atoms with Gasteiger partial charge in [-0.25, -0.2) is 4.39 Å². The van der Waals surface area contributed by atoms with Gasteiger partial charge in [0.2, 0.25) is 0 Å². The second-order valence-electron chi connectivity index (χ2n) is 1.99. The number of rotatable bonds is 0.